The summed E-state index contributed by atoms with van der Waals surface area (Å²) in [5, 5.41) is 3.12. The number of ketones is 1. The minimum absolute atomic E-state index is 0.00000116. The van der Waals surface area contributed by atoms with Crippen LogP contribution in [-0.2, 0) is 5.41 Å². The fourth-order valence-electron chi connectivity index (χ4n) is 4.48. The minimum Gasteiger partial charge on any atom is -0.351 e. The average molecular weight is 367 g/mol. The Morgan fingerprint density at radius 1 is 0.821 bits per heavy atom. The molecular formula is C25H21NO2. The molecule has 28 heavy (non-hydrogen) atoms. The summed E-state index contributed by atoms with van der Waals surface area (Å²) in [6, 6.07) is 23.5. The topological polar surface area (TPSA) is 46.2 Å². The van der Waals surface area contributed by atoms with Gasteiger partial charge < -0.3 is 5.32 Å². The third-order valence-electron chi connectivity index (χ3n) is 6.27. The van der Waals surface area contributed by atoms with Crippen LogP contribution in [0.2, 0.25) is 0 Å². The van der Waals surface area contributed by atoms with Crippen LogP contribution < -0.4 is 5.32 Å². The molecule has 2 aliphatic carbocycles. The fourth-order valence-corrected chi connectivity index (χ4v) is 4.48. The van der Waals surface area contributed by atoms with E-state index in [1.165, 1.54) is 12.0 Å². The van der Waals surface area contributed by atoms with Gasteiger partial charge in [-0.05, 0) is 41.7 Å². The van der Waals surface area contributed by atoms with Gasteiger partial charge in [-0.15, -0.1) is 0 Å². The Morgan fingerprint density at radius 3 is 2.21 bits per heavy atom. The van der Waals surface area contributed by atoms with E-state index >= 15 is 0 Å². The number of hydrogen-bond acceptors (Lipinski definition) is 2. The van der Waals surface area contributed by atoms with Crippen molar-refractivity contribution in [3.63, 3.8) is 0 Å². The lowest BCUT2D eigenvalue weighted by molar-refractivity contribution is 0.0928. The van der Waals surface area contributed by atoms with E-state index in [0.717, 1.165) is 24.0 Å². The molecule has 3 aromatic rings. The van der Waals surface area contributed by atoms with Crippen LogP contribution in [0.4, 0.5) is 0 Å². The van der Waals surface area contributed by atoms with E-state index in [2.05, 4.69) is 29.6 Å². The van der Waals surface area contributed by atoms with E-state index in [1.807, 2.05) is 42.5 Å². The number of rotatable bonds is 4. The highest BCUT2D eigenvalue weighted by atomic mass is 16.1. The van der Waals surface area contributed by atoms with Gasteiger partial charge in [0, 0.05) is 28.7 Å². The quantitative estimate of drug-likeness (QED) is 0.566. The molecule has 1 saturated carbocycles. The molecule has 3 heteroatoms. The second-order valence-corrected chi connectivity index (χ2v) is 7.82. The minimum atomic E-state index is -0.117. The van der Waals surface area contributed by atoms with Crippen LogP contribution >= 0.6 is 0 Å². The largest absolute Gasteiger partial charge is 0.351 e. The molecule has 0 aliphatic heterocycles. The second kappa shape index (κ2) is 6.45. The molecule has 0 radical (unpaired) electrons. The maximum absolute atomic E-state index is 12.8. The molecule has 1 fully saturated rings. The highest BCUT2D eigenvalue weighted by molar-refractivity contribution is 6.22. The van der Waals surface area contributed by atoms with Crippen molar-refractivity contribution < 1.29 is 9.59 Å². The van der Waals surface area contributed by atoms with Crippen molar-refractivity contribution in [1.82, 2.24) is 5.32 Å². The van der Waals surface area contributed by atoms with Gasteiger partial charge >= 0.3 is 0 Å². The van der Waals surface area contributed by atoms with Gasteiger partial charge in [-0.3, -0.25) is 9.59 Å². The van der Waals surface area contributed by atoms with Crippen molar-refractivity contribution >= 4 is 11.7 Å². The Balaban J connectivity index is 1.37. The SMILES string of the molecule is O=C(NCC1(c2ccccc2)CCC1)c1ccc2c(c1)C(=O)c1ccccc1-2. The molecule has 0 heterocycles. The number of fused-ring (bicyclic) bond motifs is 3. The zero-order chi connectivity index (χ0) is 19.1. The Morgan fingerprint density at radius 2 is 1.50 bits per heavy atom. The van der Waals surface area contributed by atoms with Gasteiger partial charge in [0.15, 0.2) is 5.78 Å². The summed E-state index contributed by atoms with van der Waals surface area (Å²) in [6.07, 6.45) is 3.38. The molecule has 3 nitrogen and oxygen atoms in total. The number of benzene rings is 3. The summed E-state index contributed by atoms with van der Waals surface area (Å²) in [5.41, 5.74) is 5.08. The third kappa shape index (κ3) is 2.58. The average Bonchev–Trinajstić information content (AvgIpc) is 3.00. The van der Waals surface area contributed by atoms with Crippen LogP contribution in [0, 0.1) is 0 Å². The summed E-state index contributed by atoms with van der Waals surface area (Å²) >= 11 is 0. The Kier molecular flexibility index (Phi) is 3.90. The predicted molar refractivity (Wildman–Crippen MR) is 110 cm³/mol. The monoisotopic (exact) mass is 367 g/mol. The van der Waals surface area contributed by atoms with Crippen molar-refractivity contribution in [1.29, 1.82) is 0 Å². The van der Waals surface area contributed by atoms with Crippen LogP contribution in [0.5, 0.6) is 0 Å². The van der Waals surface area contributed by atoms with Crippen LogP contribution in [0.25, 0.3) is 11.1 Å². The van der Waals surface area contributed by atoms with Crippen molar-refractivity contribution in [2.24, 2.45) is 0 Å². The van der Waals surface area contributed by atoms with E-state index in [1.54, 1.807) is 6.07 Å². The van der Waals surface area contributed by atoms with Gasteiger partial charge in [0.05, 0.1) is 0 Å². The molecular weight excluding hydrogens is 346 g/mol. The summed E-state index contributed by atoms with van der Waals surface area (Å²) in [6.45, 7) is 0.626. The first-order chi connectivity index (χ1) is 13.7. The maximum atomic E-state index is 12.8. The molecule has 0 saturated heterocycles. The zero-order valence-corrected chi connectivity index (χ0v) is 15.6. The molecule has 1 amide bonds. The first kappa shape index (κ1) is 16.9. The van der Waals surface area contributed by atoms with E-state index in [0.29, 0.717) is 23.2 Å². The van der Waals surface area contributed by atoms with Gasteiger partial charge in [-0.25, -0.2) is 0 Å². The second-order valence-electron chi connectivity index (χ2n) is 7.82. The van der Waals surface area contributed by atoms with Gasteiger partial charge in [0.1, 0.15) is 0 Å². The summed E-state index contributed by atoms with van der Waals surface area (Å²) in [5.74, 6) is -0.117. The molecule has 3 aromatic carbocycles. The molecule has 138 valence electrons. The fraction of sp³-hybridized carbons (Fsp3) is 0.200. The normalized spacial score (nSPS) is 16.1. The molecule has 5 rings (SSSR count). The standard InChI is InChI=1S/C25H21NO2/c27-23-21-10-5-4-9-19(21)20-12-11-17(15-22(20)23)24(28)26-16-25(13-6-14-25)18-7-2-1-3-8-18/h1-5,7-12,15H,6,13-14,16H2,(H,26,28). The van der Waals surface area contributed by atoms with Crippen molar-refractivity contribution in [2.75, 3.05) is 6.54 Å². The molecule has 0 aromatic heterocycles. The lowest BCUT2D eigenvalue weighted by Crippen LogP contribution is -2.45. The predicted octanol–water partition coefficient (Wildman–Crippen LogP) is 4.75. The van der Waals surface area contributed by atoms with Crippen LogP contribution in [0.3, 0.4) is 0 Å². The molecule has 0 bridgehead atoms. The van der Waals surface area contributed by atoms with Gasteiger partial charge in [0.25, 0.3) is 5.91 Å². The lowest BCUT2D eigenvalue weighted by Gasteiger charge is -2.42. The van der Waals surface area contributed by atoms with Gasteiger partial charge in [-0.2, -0.15) is 0 Å². The molecule has 2 aliphatic rings. The van der Waals surface area contributed by atoms with E-state index in [4.69, 9.17) is 0 Å². The van der Waals surface area contributed by atoms with Gasteiger partial charge in [-0.1, -0.05) is 67.1 Å². The number of hydrogen-bond donors (Lipinski definition) is 1. The number of carbonyl (C=O) groups is 2. The first-order valence-electron chi connectivity index (χ1n) is 9.80. The number of nitrogens with one attached hydrogen (secondary N) is 1. The van der Waals surface area contributed by atoms with Crippen molar-refractivity contribution in [3.05, 3.63) is 95.1 Å². The third-order valence-corrected chi connectivity index (χ3v) is 6.27. The molecule has 1 N–H and O–H groups in total. The van der Waals surface area contributed by atoms with Gasteiger partial charge in [0.2, 0.25) is 0 Å². The molecule has 0 spiro atoms. The Labute approximate surface area is 164 Å². The molecule has 0 atom stereocenters. The van der Waals surface area contributed by atoms with Crippen molar-refractivity contribution in [3.8, 4) is 11.1 Å². The smallest absolute Gasteiger partial charge is 0.251 e. The summed E-state index contributed by atoms with van der Waals surface area (Å²) < 4.78 is 0. The number of carbonyl (C=O) groups excluding carboxylic acids is 2. The summed E-state index contributed by atoms with van der Waals surface area (Å²) in [7, 11) is 0. The zero-order valence-electron chi connectivity index (χ0n) is 15.6. The number of amides is 1. The highest BCUT2D eigenvalue weighted by Crippen LogP contribution is 2.43. The lowest BCUT2D eigenvalue weighted by atomic mass is 9.64. The van der Waals surface area contributed by atoms with E-state index in [9.17, 15) is 9.59 Å². The van der Waals surface area contributed by atoms with Crippen molar-refractivity contribution in [2.45, 2.75) is 24.7 Å². The summed E-state index contributed by atoms with van der Waals surface area (Å²) in [4.78, 5) is 25.5. The van der Waals surface area contributed by atoms with E-state index < -0.39 is 0 Å². The Bertz CT molecular complexity index is 1080. The van der Waals surface area contributed by atoms with E-state index in [-0.39, 0.29) is 17.1 Å². The first-order valence-corrected chi connectivity index (χ1v) is 9.80. The maximum Gasteiger partial charge on any atom is 0.251 e. The van der Waals surface area contributed by atoms with Crippen LogP contribution in [0.15, 0.2) is 72.8 Å². The van der Waals surface area contributed by atoms with Crippen LogP contribution in [0.1, 0.15) is 51.1 Å². The Hall–Kier alpha value is -3.20. The highest BCUT2D eigenvalue weighted by Gasteiger charge is 2.38. The van der Waals surface area contributed by atoms with Crippen LogP contribution in [-0.4, -0.2) is 18.2 Å². The molecule has 0 unspecified atom stereocenters.